The molecular formula is C17H18ClN3O2S. The molecule has 1 aromatic carbocycles. The van der Waals surface area contributed by atoms with Gasteiger partial charge in [-0.1, -0.05) is 24.6 Å². The average molecular weight is 364 g/mol. The van der Waals surface area contributed by atoms with E-state index in [9.17, 15) is 9.59 Å². The predicted octanol–water partition coefficient (Wildman–Crippen LogP) is 3.96. The third kappa shape index (κ3) is 5.86. The van der Waals surface area contributed by atoms with Crippen LogP contribution in [0.5, 0.6) is 0 Å². The molecule has 1 aromatic heterocycles. The Hall–Kier alpha value is -2.05. The SMILES string of the molecule is CCC(=O)Nc1ccc(Cl)c(NC(=O)CSCc2cccnc2)c1. The van der Waals surface area contributed by atoms with E-state index in [0.717, 1.165) is 5.56 Å². The van der Waals surface area contributed by atoms with Crippen molar-refractivity contribution >= 4 is 46.6 Å². The molecule has 5 nitrogen and oxygen atoms in total. The fourth-order valence-electron chi connectivity index (χ4n) is 1.88. The van der Waals surface area contributed by atoms with Gasteiger partial charge in [-0.15, -0.1) is 11.8 Å². The van der Waals surface area contributed by atoms with E-state index < -0.39 is 0 Å². The van der Waals surface area contributed by atoms with Gasteiger partial charge in [0, 0.05) is 30.3 Å². The number of rotatable bonds is 7. The minimum absolute atomic E-state index is 0.0957. The van der Waals surface area contributed by atoms with Crippen LogP contribution in [0.3, 0.4) is 0 Å². The van der Waals surface area contributed by atoms with Crippen molar-refractivity contribution in [2.24, 2.45) is 0 Å². The lowest BCUT2D eigenvalue weighted by Crippen LogP contribution is -2.15. The lowest BCUT2D eigenvalue weighted by atomic mass is 10.2. The summed E-state index contributed by atoms with van der Waals surface area (Å²) in [6, 6.07) is 8.83. The molecule has 2 amide bonds. The maximum Gasteiger partial charge on any atom is 0.234 e. The van der Waals surface area contributed by atoms with Gasteiger partial charge in [0.05, 0.1) is 16.5 Å². The molecule has 126 valence electrons. The Labute approximate surface area is 150 Å². The molecule has 0 aliphatic heterocycles. The van der Waals surface area contributed by atoms with Gasteiger partial charge in [-0.25, -0.2) is 0 Å². The van der Waals surface area contributed by atoms with Crippen molar-refractivity contribution in [3.63, 3.8) is 0 Å². The monoisotopic (exact) mass is 363 g/mol. The normalized spacial score (nSPS) is 10.2. The van der Waals surface area contributed by atoms with Crippen molar-refractivity contribution in [2.45, 2.75) is 19.1 Å². The van der Waals surface area contributed by atoms with Crippen LogP contribution in [0.2, 0.25) is 5.02 Å². The van der Waals surface area contributed by atoms with E-state index in [0.29, 0.717) is 34.3 Å². The number of pyridine rings is 1. The quantitative estimate of drug-likeness (QED) is 0.781. The second-order valence-electron chi connectivity index (χ2n) is 5.00. The number of anilines is 2. The second-order valence-corrected chi connectivity index (χ2v) is 6.39. The summed E-state index contributed by atoms with van der Waals surface area (Å²) in [5.41, 5.74) is 2.15. The van der Waals surface area contributed by atoms with Crippen LogP contribution in [-0.2, 0) is 15.3 Å². The zero-order valence-electron chi connectivity index (χ0n) is 13.2. The van der Waals surface area contributed by atoms with E-state index in [4.69, 9.17) is 11.6 Å². The standard InChI is InChI=1S/C17H18ClN3O2S/c1-2-16(22)20-13-5-6-14(18)15(8-13)21-17(23)11-24-10-12-4-3-7-19-9-12/h3-9H,2,10-11H2,1H3,(H,20,22)(H,21,23). The molecule has 2 aromatic rings. The number of nitrogens with zero attached hydrogens (tertiary/aromatic N) is 1. The lowest BCUT2D eigenvalue weighted by Gasteiger charge is -2.10. The van der Waals surface area contributed by atoms with Gasteiger partial charge in [0.25, 0.3) is 0 Å². The number of nitrogens with one attached hydrogen (secondary N) is 2. The van der Waals surface area contributed by atoms with Crippen LogP contribution in [0.15, 0.2) is 42.7 Å². The van der Waals surface area contributed by atoms with E-state index in [2.05, 4.69) is 15.6 Å². The number of benzene rings is 1. The van der Waals surface area contributed by atoms with Crippen LogP contribution in [-0.4, -0.2) is 22.6 Å². The minimum Gasteiger partial charge on any atom is -0.326 e. The highest BCUT2D eigenvalue weighted by atomic mass is 35.5. The Balaban J connectivity index is 1.88. The van der Waals surface area contributed by atoms with Gasteiger partial charge in [-0.3, -0.25) is 14.6 Å². The molecule has 2 rings (SSSR count). The van der Waals surface area contributed by atoms with E-state index in [1.54, 1.807) is 37.5 Å². The summed E-state index contributed by atoms with van der Waals surface area (Å²) in [6.45, 7) is 1.77. The molecule has 1 heterocycles. The van der Waals surface area contributed by atoms with Crippen LogP contribution in [0, 0.1) is 0 Å². The molecule has 0 aliphatic rings. The van der Waals surface area contributed by atoms with Crippen molar-refractivity contribution < 1.29 is 9.59 Å². The maximum absolute atomic E-state index is 12.1. The molecule has 0 radical (unpaired) electrons. The number of halogens is 1. The highest BCUT2D eigenvalue weighted by Gasteiger charge is 2.08. The van der Waals surface area contributed by atoms with Crippen molar-refractivity contribution in [3.8, 4) is 0 Å². The average Bonchev–Trinajstić information content (AvgIpc) is 2.58. The predicted molar refractivity (Wildman–Crippen MR) is 99.4 cm³/mol. The Kier molecular flexibility index (Phi) is 7.08. The molecule has 0 bridgehead atoms. The molecule has 0 aliphatic carbocycles. The van der Waals surface area contributed by atoms with Gasteiger partial charge in [-0.05, 0) is 29.8 Å². The van der Waals surface area contributed by atoms with Gasteiger partial charge in [-0.2, -0.15) is 0 Å². The zero-order chi connectivity index (χ0) is 17.4. The van der Waals surface area contributed by atoms with E-state index >= 15 is 0 Å². The summed E-state index contributed by atoms with van der Waals surface area (Å²) < 4.78 is 0. The van der Waals surface area contributed by atoms with Crippen LogP contribution >= 0.6 is 23.4 Å². The van der Waals surface area contributed by atoms with Gasteiger partial charge >= 0.3 is 0 Å². The van der Waals surface area contributed by atoms with Gasteiger partial charge in [0.2, 0.25) is 11.8 Å². The molecule has 0 saturated heterocycles. The smallest absolute Gasteiger partial charge is 0.234 e. The number of hydrogen-bond acceptors (Lipinski definition) is 4. The first-order valence-corrected chi connectivity index (χ1v) is 8.97. The molecular weight excluding hydrogens is 346 g/mol. The highest BCUT2D eigenvalue weighted by molar-refractivity contribution is 7.99. The van der Waals surface area contributed by atoms with Gasteiger partial charge in [0.1, 0.15) is 0 Å². The Morgan fingerprint density at radius 1 is 1.21 bits per heavy atom. The summed E-state index contributed by atoms with van der Waals surface area (Å²) in [6.07, 6.45) is 3.88. The lowest BCUT2D eigenvalue weighted by molar-refractivity contribution is -0.116. The molecule has 2 N–H and O–H groups in total. The molecule has 0 unspecified atom stereocenters. The van der Waals surface area contributed by atoms with E-state index in [-0.39, 0.29) is 11.8 Å². The third-order valence-electron chi connectivity index (χ3n) is 3.07. The number of carbonyl (C=O) groups is 2. The molecule has 24 heavy (non-hydrogen) atoms. The number of amides is 2. The molecule has 0 fully saturated rings. The fraction of sp³-hybridized carbons (Fsp3) is 0.235. The highest BCUT2D eigenvalue weighted by Crippen LogP contribution is 2.26. The van der Waals surface area contributed by atoms with Crippen LogP contribution in [0.1, 0.15) is 18.9 Å². The van der Waals surface area contributed by atoms with Crippen molar-refractivity contribution in [3.05, 3.63) is 53.3 Å². The first kappa shape index (κ1) is 18.3. The first-order valence-electron chi connectivity index (χ1n) is 7.44. The number of hydrogen-bond donors (Lipinski definition) is 2. The molecule has 0 saturated carbocycles. The van der Waals surface area contributed by atoms with Crippen LogP contribution in [0.4, 0.5) is 11.4 Å². The summed E-state index contributed by atoms with van der Waals surface area (Å²) >= 11 is 7.59. The summed E-state index contributed by atoms with van der Waals surface area (Å²) in [5, 5.41) is 5.93. The zero-order valence-corrected chi connectivity index (χ0v) is 14.8. The second kappa shape index (κ2) is 9.30. The first-order chi connectivity index (χ1) is 11.6. The van der Waals surface area contributed by atoms with Crippen LogP contribution in [0.25, 0.3) is 0 Å². The van der Waals surface area contributed by atoms with Crippen LogP contribution < -0.4 is 10.6 Å². The number of aromatic nitrogens is 1. The fourth-order valence-corrected chi connectivity index (χ4v) is 2.81. The summed E-state index contributed by atoms with van der Waals surface area (Å²) in [4.78, 5) is 27.5. The topological polar surface area (TPSA) is 71.1 Å². The van der Waals surface area contributed by atoms with Gasteiger partial charge in [0.15, 0.2) is 0 Å². The molecule has 0 spiro atoms. The summed E-state index contributed by atoms with van der Waals surface area (Å²) in [5.74, 6) is 0.768. The van der Waals surface area contributed by atoms with Crippen molar-refractivity contribution in [1.82, 2.24) is 4.98 Å². The largest absolute Gasteiger partial charge is 0.326 e. The number of thioether (sulfide) groups is 1. The molecule has 7 heteroatoms. The Morgan fingerprint density at radius 2 is 2.04 bits per heavy atom. The summed E-state index contributed by atoms with van der Waals surface area (Å²) in [7, 11) is 0. The van der Waals surface area contributed by atoms with Gasteiger partial charge < -0.3 is 10.6 Å². The Morgan fingerprint density at radius 3 is 2.75 bits per heavy atom. The Bertz CT molecular complexity index is 710. The van der Waals surface area contributed by atoms with E-state index in [1.165, 1.54) is 11.8 Å². The van der Waals surface area contributed by atoms with Crippen molar-refractivity contribution in [2.75, 3.05) is 16.4 Å². The molecule has 0 atom stereocenters. The number of carbonyl (C=O) groups excluding carboxylic acids is 2. The maximum atomic E-state index is 12.1. The third-order valence-corrected chi connectivity index (χ3v) is 4.40. The minimum atomic E-state index is -0.148. The van der Waals surface area contributed by atoms with E-state index in [1.807, 2.05) is 12.1 Å². The van der Waals surface area contributed by atoms with Crippen molar-refractivity contribution in [1.29, 1.82) is 0 Å².